The van der Waals surface area contributed by atoms with Crippen molar-refractivity contribution in [1.82, 2.24) is 15.3 Å². The zero-order valence-corrected chi connectivity index (χ0v) is 17.2. The van der Waals surface area contributed by atoms with Crippen LogP contribution in [0.3, 0.4) is 0 Å². The monoisotopic (exact) mass is 382 g/mol. The Hall–Kier alpha value is -2.34. The molecule has 1 aromatic carbocycles. The molecule has 0 aliphatic carbocycles. The number of rotatable bonds is 6. The molecule has 0 unspecified atom stereocenters. The number of piperidine rings is 1. The van der Waals surface area contributed by atoms with E-state index in [0.29, 0.717) is 11.7 Å². The van der Waals surface area contributed by atoms with Gasteiger partial charge in [0.05, 0.1) is 24.1 Å². The highest BCUT2D eigenvalue weighted by atomic mass is 16.5. The van der Waals surface area contributed by atoms with Crippen LogP contribution >= 0.6 is 0 Å². The van der Waals surface area contributed by atoms with Crippen molar-refractivity contribution in [2.75, 3.05) is 25.4 Å². The number of nitrogens with zero attached hydrogens (tertiary/aromatic N) is 2. The molecule has 1 saturated heterocycles. The van der Waals surface area contributed by atoms with Crippen LogP contribution in [-0.2, 0) is 6.54 Å². The Morgan fingerprint density at radius 3 is 2.82 bits per heavy atom. The first-order chi connectivity index (χ1) is 13.5. The van der Waals surface area contributed by atoms with E-state index in [1.807, 2.05) is 6.07 Å². The molecule has 0 atom stereocenters. The van der Waals surface area contributed by atoms with Gasteiger partial charge in [0.25, 0.3) is 5.82 Å². The second kappa shape index (κ2) is 7.95. The average molecular weight is 383 g/mol. The molecule has 0 saturated carbocycles. The lowest BCUT2D eigenvalue weighted by Gasteiger charge is -2.22. The van der Waals surface area contributed by atoms with E-state index in [-0.39, 0.29) is 0 Å². The molecule has 28 heavy (non-hydrogen) atoms. The minimum atomic E-state index is 0.542. The number of hydrogen-bond donors (Lipinski definition) is 3. The van der Waals surface area contributed by atoms with Crippen LogP contribution in [0.25, 0.3) is 21.9 Å². The van der Waals surface area contributed by atoms with Crippen molar-refractivity contribution < 1.29 is 9.30 Å². The van der Waals surface area contributed by atoms with Crippen molar-refractivity contribution in [2.45, 2.75) is 46.6 Å². The summed E-state index contributed by atoms with van der Waals surface area (Å²) in [7, 11) is 0. The lowest BCUT2D eigenvalue weighted by Crippen LogP contribution is -2.38. The predicted molar refractivity (Wildman–Crippen MR) is 113 cm³/mol. The number of benzene rings is 1. The van der Waals surface area contributed by atoms with Crippen molar-refractivity contribution in [3.63, 3.8) is 0 Å². The summed E-state index contributed by atoms with van der Waals surface area (Å²) in [5, 5.41) is 4.53. The topological polar surface area (TPSA) is 79.8 Å². The van der Waals surface area contributed by atoms with Gasteiger partial charge in [0.1, 0.15) is 5.75 Å². The number of ether oxygens (including phenoxy) is 1. The lowest BCUT2D eigenvalue weighted by atomic mass is 9.95. The van der Waals surface area contributed by atoms with Gasteiger partial charge in [-0.3, -0.25) is 0 Å². The van der Waals surface area contributed by atoms with Gasteiger partial charge in [-0.2, -0.15) is 0 Å². The first-order valence-electron chi connectivity index (χ1n) is 10.5. The van der Waals surface area contributed by atoms with Crippen LogP contribution in [0.4, 0.5) is 5.82 Å². The van der Waals surface area contributed by atoms with Crippen molar-refractivity contribution in [3.8, 4) is 5.75 Å². The molecule has 150 valence electrons. The van der Waals surface area contributed by atoms with Gasteiger partial charge >= 0.3 is 0 Å². The smallest absolute Gasteiger partial charge is 0.252 e. The largest absolute Gasteiger partial charge is 0.494 e. The summed E-state index contributed by atoms with van der Waals surface area (Å²) in [6.07, 6.45) is 3.61. The van der Waals surface area contributed by atoms with Crippen LogP contribution in [0.1, 0.15) is 38.9 Å². The van der Waals surface area contributed by atoms with Gasteiger partial charge in [-0.25, -0.2) is 14.5 Å². The Balaban J connectivity index is 1.61. The number of anilines is 1. The number of aromatic nitrogens is 3. The molecule has 0 bridgehead atoms. The van der Waals surface area contributed by atoms with Gasteiger partial charge in [-0.05, 0) is 56.3 Å². The van der Waals surface area contributed by atoms with E-state index < -0.39 is 0 Å². The van der Waals surface area contributed by atoms with E-state index >= 15 is 0 Å². The standard InChI is InChI=1S/C22H31N5O/c1-14(2)13-27-15(3)25-20-21(27)18-5-4-17(12-19(18)26-22(20)23)28-11-8-16-6-9-24-10-7-16/h4-5,12,14,16,24H,6-11,13H2,1-3H3,(H2,23,26)/p+1. The summed E-state index contributed by atoms with van der Waals surface area (Å²) in [6, 6.07) is 6.20. The Kier molecular flexibility index (Phi) is 5.40. The molecule has 2 aromatic heterocycles. The first kappa shape index (κ1) is 19.0. The van der Waals surface area contributed by atoms with E-state index in [1.165, 1.54) is 12.8 Å². The van der Waals surface area contributed by atoms with E-state index in [0.717, 1.165) is 72.1 Å². The van der Waals surface area contributed by atoms with Crippen LogP contribution in [0.5, 0.6) is 5.75 Å². The molecular formula is C22H32N5O+. The number of fused-ring (bicyclic) bond motifs is 3. The molecule has 4 rings (SSSR count). The van der Waals surface area contributed by atoms with Crippen molar-refractivity contribution in [2.24, 2.45) is 11.8 Å². The van der Waals surface area contributed by atoms with E-state index in [9.17, 15) is 0 Å². The fourth-order valence-electron chi connectivity index (χ4n) is 4.26. The number of nitrogen functional groups attached to an aromatic ring is 1. The number of H-pyrrole nitrogens is 1. The summed E-state index contributed by atoms with van der Waals surface area (Å²) in [5.74, 6) is 3.83. The molecule has 6 heteroatoms. The first-order valence-corrected chi connectivity index (χ1v) is 10.5. The van der Waals surface area contributed by atoms with Crippen LogP contribution in [0.2, 0.25) is 0 Å². The van der Waals surface area contributed by atoms with Crippen molar-refractivity contribution >= 4 is 27.8 Å². The number of nitrogens with one attached hydrogen (secondary N) is 2. The lowest BCUT2D eigenvalue weighted by molar-refractivity contribution is -0.682. The Bertz CT molecular complexity index is 972. The molecule has 1 aliphatic heterocycles. The van der Waals surface area contributed by atoms with Gasteiger partial charge in [0.15, 0.2) is 11.3 Å². The highest BCUT2D eigenvalue weighted by molar-refractivity contribution is 6.04. The normalized spacial score (nSPS) is 15.7. The van der Waals surface area contributed by atoms with Gasteiger partial charge in [0.2, 0.25) is 5.52 Å². The number of aromatic amines is 1. The zero-order valence-electron chi connectivity index (χ0n) is 17.2. The average Bonchev–Trinajstić information content (AvgIpc) is 2.99. The van der Waals surface area contributed by atoms with Gasteiger partial charge in [-0.15, -0.1) is 0 Å². The van der Waals surface area contributed by atoms with Crippen LogP contribution in [0, 0.1) is 18.8 Å². The van der Waals surface area contributed by atoms with Crippen LogP contribution in [0.15, 0.2) is 18.2 Å². The van der Waals surface area contributed by atoms with Gasteiger partial charge < -0.3 is 15.8 Å². The number of imidazole rings is 1. The second-order valence-corrected chi connectivity index (χ2v) is 8.44. The van der Waals surface area contributed by atoms with Crippen LogP contribution < -0.4 is 20.4 Å². The zero-order chi connectivity index (χ0) is 19.7. The summed E-state index contributed by atoms with van der Waals surface area (Å²) in [4.78, 5) is 8.06. The SMILES string of the molecule is Cc1[nH]c2c(N)nc3cc(OCCC4CCNCC4)ccc3c2[n+]1CC(C)C. The summed E-state index contributed by atoms with van der Waals surface area (Å²) >= 11 is 0. The number of nitrogens with two attached hydrogens (primary N) is 1. The molecule has 3 heterocycles. The number of pyridine rings is 1. The van der Waals surface area contributed by atoms with E-state index in [4.69, 9.17) is 10.5 Å². The summed E-state index contributed by atoms with van der Waals surface area (Å²) in [5.41, 5.74) is 9.23. The number of hydrogen-bond acceptors (Lipinski definition) is 4. The minimum Gasteiger partial charge on any atom is -0.494 e. The second-order valence-electron chi connectivity index (χ2n) is 8.44. The van der Waals surface area contributed by atoms with E-state index in [2.05, 4.69) is 52.8 Å². The molecule has 4 N–H and O–H groups in total. The molecule has 3 aromatic rings. The molecular weight excluding hydrogens is 350 g/mol. The minimum absolute atomic E-state index is 0.542. The molecule has 1 fully saturated rings. The third-order valence-corrected chi connectivity index (χ3v) is 5.74. The third-order valence-electron chi connectivity index (χ3n) is 5.74. The van der Waals surface area contributed by atoms with Crippen molar-refractivity contribution in [1.29, 1.82) is 0 Å². The Labute approximate surface area is 166 Å². The highest BCUT2D eigenvalue weighted by Crippen LogP contribution is 2.28. The molecule has 0 spiro atoms. The van der Waals surface area contributed by atoms with Gasteiger partial charge in [-0.1, -0.05) is 13.8 Å². The maximum atomic E-state index is 6.28. The predicted octanol–water partition coefficient (Wildman–Crippen LogP) is 3.32. The van der Waals surface area contributed by atoms with Gasteiger partial charge in [0, 0.05) is 13.0 Å². The van der Waals surface area contributed by atoms with Crippen LogP contribution in [-0.4, -0.2) is 29.7 Å². The fourth-order valence-corrected chi connectivity index (χ4v) is 4.26. The Morgan fingerprint density at radius 2 is 2.07 bits per heavy atom. The highest BCUT2D eigenvalue weighted by Gasteiger charge is 2.22. The number of aryl methyl sites for hydroxylation is 1. The maximum absolute atomic E-state index is 6.28. The Morgan fingerprint density at radius 1 is 1.29 bits per heavy atom. The summed E-state index contributed by atoms with van der Waals surface area (Å²) in [6.45, 7) is 10.5. The van der Waals surface area contributed by atoms with Crippen molar-refractivity contribution in [3.05, 3.63) is 24.0 Å². The molecule has 0 radical (unpaired) electrons. The molecule has 1 aliphatic rings. The quantitative estimate of drug-likeness (QED) is 0.572. The fraction of sp³-hybridized carbons (Fsp3) is 0.545. The molecule has 0 amide bonds. The maximum Gasteiger partial charge on any atom is 0.252 e. The summed E-state index contributed by atoms with van der Waals surface area (Å²) < 4.78 is 8.37. The molecule has 6 nitrogen and oxygen atoms in total. The third kappa shape index (κ3) is 3.78. The van der Waals surface area contributed by atoms with E-state index in [1.54, 1.807) is 0 Å².